The van der Waals surface area contributed by atoms with Crippen LogP contribution in [0.25, 0.3) is 0 Å². The van der Waals surface area contributed by atoms with Gasteiger partial charge in [-0.1, -0.05) is 23.7 Å². The number of H-pyrrole nitrogens is 1. The van der Waals surface area contributed by atoms with E-state index in [4.69, 9.17) is 16.7 Å². The van der Waals surface area contributed by atoms with Crippen molar-refractivity contribution in [2.24, 2.45) is 0 Å². The zero-order valence-electron chi connectivity index (χ0n) is 12.1. The molecule has 2 aromatic rings. The fraction of sp³-hybridized carbons (Fsp3) is 0.333. The van der Waals surface area contributed by atoms with Crippen LogP contribution in [0.15, 0.2) is 24.4 Å². The molecule has 1 aromatic heterocycles. The van der Waals surface area contributed by atoms with E-state index < -0.39 is 5.97 Å². The lowest BCUT2D eigenvalue weighted by molar-refractivity contribution is -0.138. The van der Waals surface area contributed by atoms with Gasteiger partial charge in [-0.25, -0.2) is 4.98 Å². The second-order valence-corrected chi connectivity index (χ2v) is 5.48. The van der Waals surface area contributed by atoms with Crippen LogP contribution in [0, 0.1) is 13.8 Å². The predicted molar refractivity (Wildman–Crippen MR) is 81.3 cm³/mol. The second kappa shape index (κ2) is 6.74. The number of carboxylic acids is 1. The Kier molecular flexibility index (Phi) is 4.98. The van der Waals surface area contributed by atoms with Gasteiger partial charge in [0.05, 0.1) is 6.54 Å². The van der Waals surface area contributed by atoms with Gasteiger partial charge in [0, 0.05) is 30.0 Å². The number of nitrogens with zero attached hydrogens (tertiary/aromatic N) is 2. The Hall–Kier alpha value is -1.85. The minimum absolute atomic E-state index is 0.0528. The smallest absolute Gasteiger partial charge is 0.317 e. The number of rotatable bonds is 6. The molecule has 1 aromatic carbocycles. The summed E-state index contributed by atoms with van der Waals surface area (Å²) in [5.74, 6) is -0.0508. The molecule has 2 N–H and O–H groups in total. The van der Waals surface area contributed by atoms with Gasteiger partial charge in [0.2, 0.25) is 0 Å². The van der Waals surface area contributed by atoms with Gasteiger partial charge in [-0.3, -0.25) is 9.69 Å². The van der Waals surface area contributed by atoms with Gasteiger partial charge in [-0.05, 0) is 31.0 Å². The average Bonchev–Trinajstić information content (AvgIpc) is 2.78. The lowest BCUT2D eigenvalue weighted by Crippen LogP contribution is -2.29. The lowest BCUT2D eigenvalue weighted by atomic mass is 10.1. The number of imidazole rings is 1. The molecule has 1 heterocycles. The Morgan fingerprint density at radius 3 is 2.71 bits per heavy atom. The summed E-state index contributed by atoms with van der Waals surface area (Å²) in [5.41, 5.74) is 2.90. The Morgan fingerprint density at radius 2 is 2.14 bits per heavy atom. The standard InChI is InChI=1S/C15H18ClN3O2/c1-10-4-3-5-14(16)13(10)8-19(9-15(20)21)7-12-6-17-11(2)18-12/h3-6H,7-9H2,1-2H3,(H,17,18)(H,20,21). The van der Waals surface area contributed by atoms with Crippen LogP contribution >= 0.6 is 11.6 Å². The molecule has 0 aliphatic carbocycles. The molecule has 0 unspecified atom stereocenters. The monoisotopic (exact) mass is 307 g/mol. The average molecular weight is 308 g/mol. The summed E-state index contributed by atoms with van der Waals surface area (Å²) < 4.78 is 0. The molecule has 112 valence electrons. The number of halogens is 1. The molecular weight excluding hydrogens is 290 g/mol. The highest BCUT2D eigenvalue weighted by molar-refractivity contribution is 6.31. The SMILES string of the molecule is Cc1ncc(CN(CC(=O)O)Cc2c(C)cccc2Cl)[nH]1. The highest BCUT2D eigenvalue weighted by Crippen LogP contribution is 2.22. The van der Waals surface area contributed by atoms with Crippen molar-refractivity contribution in [1.29, 1.82) is 0 Å². The second-order valence-electron chi connectivity index (χ2n) is 5.07. The number of carbonyl (C=O) groups is 1. The van der Waals surface area contributed by atoms with Gasteiger partial charge < -0.3 is 10.1 Å². The highest BCUT2D eigenvalue weighted by Gasteiger charge is 2.15. The normalized spacial score (nSPS) is 11.0. The van der Waals surface area contributed by atoms with E-state index in [1.807, 2.05) is 36.9 Å². The molecule has 0 saturated carbocycles. The molecule has 2 rings (SSSR count). The van der Waals surface area contributed by atoms with Crippen molar-refractivity contribution in [3.8, 4) is 0 Å². The minimum Gasteiger partial charge on any atom is -0.480 e. The van der Waals surface area contributed by atoms with E-state index in [2.05, 4.69) is 9.97 Å². The van der Waals surface area contributed by atoms with E-state index in [0.29, 0.717) is 18.1 Å². The molecule has 0 atom stereocenters. The van der Waals surface area contributed by atoms with E-state index in [-0.39, 0.29) is 6.54 Å². The van der Waals surface area contributed by atoms with E-state index >= 15 is 0 Å². The zero-order valence-corrected chi connectivity index (χ0v) is 12.8. The summed E-state index contributed by atoms with van der Waals surface area (Å²) in [6, 6.07) is 5.69. The maximum absolute atomic E-state index is 11.1. The van der Waals surface area contributed by atoms with Crippen LogP contribution in [0.3, 0.4) is 0 Å². The van der Waals surface area contributed by atoms with Gasteiger partial charge in [-0.2, -0.15) is 0 Å². The summed E-state index contributed by atoms with van der Waals surface area (Å²) in [4.78, 5) is 20.1. The Labute approximate surface area is 128 Å². The number of nitrogens with one attached hydrogen (secondary N) is 1. The zero-order chi connectivity index (χ0) is 15.4. The van der Waals surface area contributed by atoms with Crippen LogP contribution < -0.4 is 0 Å². The van der Waals surface area contributed by atoms with Crippen LogP contribution in [0.5, 0.6) is 0 Å². The van der Waals surface area contributed by atoms with Gasteiger partial charge in [0.15, 0.2) is 0 Å². The minimum atomic E-state index is -0.865. The first kappa shape index (κ1) is 15.5. The molecule has 0 aliphatic heterocycles. The molecule has 0 amide bonds. The molecule has 0 aliphatic rings. The predicted octanol–water partition coefficient (Wildman–Crippen LogP) is 2.77. The van der Waals surface area contributed by atoms with Gasteiger partial charge in [0.1, 0.15) is 5.82 Å². The number of aromatic nitrogens is 2. The molecule has 0 bridgehead atoms. The first-order chi connectivity index (χ1) is 9.95. The van der Waals surface area contributed by atoms with Crippen LogP contribution in [0.1, 0.15) is 22.6 Å². The largest absolute Gasteiger partial charge is 0.480 e. The fourth-order valence-corrected chi connectivity index (χ4v) is 2.52. The van der Waals surface area contributed by atoms with Crippen LogP contribution in [0.4, 0.5) is 0 Å². The van der Waals surface area contributed by atoms with Crippen LogP contribution in [0.2, 0.25) is 5.02 Å². The number of hydrogen-bond donors (Lipinski definition) is 2. The molecule has 21 heavy (non-hydrogen) atoms. The van der Waals surface area contributed by atoms with Crippen LogP contribution in [-0.4, -0.2) is 32.5 Å². The maximum Gasteiger partial charge on any atom is 0.317 e. The Morgan fingerprint density at radius 1 is 1.38 bits per heavy atom. The van der Waals surface area contributed by atoms with Crippen molar-refractivity contribution in [1.82, 2.24) is 14.9 Å². The fourth-order valence-electron chi connectivity index (χ4n) is 2.24. The van der Waals surface area contributed by atoms with Gasteiger partial charge in [-0.15, -0.1) is 0 Å². The van der Waals surface area contributed by atoms with E-state index in [1.54, 1.807) is 6.20 Å². The summed E-state index contributed by atoms with van der Waals surface area (Å²) in [7, 11) is 0. The Bertz CT molecular complexity index is 619. The van der Waals surface area contributed by atoms with Gasteiger partial charge in [0.25, 0.3) is 0 Å². The molecule has 5 nitrogen and oxygen atoms in total. The van der Waals surface area contributed by atoms with Crippen molar-refractivity contribution < 1.29 is 9.90 Å². The third-order valence-corrected chi connectivity index (χ3v) is 3.60. The first-order valence-corrected chi connectivity index (χ1v) is 7.02. The Balaban J connectivity index is 2.18. The number of aryl methyl sites for hydroxylation is 2. The third-order valence-electron chi connectivity index (χ3n) is 3.24. The topological polar surface area (TPSA) is 69.2 Å². The molecular formula is C15H18ClN3O2. The molecule has 6 heteroatoms. The van der Waals surface area contributed by atoms with Crippen molar-refractivity contribution in [3.05, 3.63) is 52.1 Å². The number of hydrogen-bond acceptors (Lipinski definition) is 3. The van der Waals surface area contributed by atoms with Crippen molar-refractivity contribution in [3.63, 3.8) is 0 Å². The van der Waals surface area contributed by atoms with Crippen LogP contribution in [-0.2, 0) is 17.9 Å². The van der Waals surface area contributed by atoms with Crippen molar-refractivity contribution >= 4 is 17.6 Å². The molecule has 0 fully saturated rings. The third kappa shape index (κ3) is 4.31. The summed E-state index contributed by atoms with van der Waals surface area (Å²) in [6.45, 7) is 4.75. The quantitative estimate of drug-likeness (QED) is 0.861. The summed E-state index contributed by atoms with van der Waals surface area (Å²) in [6.07, 6.45) is 1.73. The summed E-state index contributed by atoms with van der Waals surface area (Å²) >= 11 is 6.22. The number of aliphatic carboxylic acids is 1. The van der Waals surface area contributed by atoms with E-state index in [0.717, 1.165) is 22.6 Å². The van der Waals surface area contributed by atoms with Crippen molar-refractivity contribution in [2.75, 3.05) is 6.54 Å². The maximum atomic E-state index is 11.1. The summed E-state index contributed by atoms with van der Waals surface area (Å²) in [5, 5.41) is 9.74. The number of aromatic amines is 1. The number of carboxylic acid groups (broad SMARTS) is 1. The number of benzene rings is 1. The lowest BCUT2D eigenvalue weighted by Gasteiger charge is -2.21. The molecule has 0 saturated heterocycles. The first-order valence-electron chi connectivity index (χ1n) is 6.64. The van der Waals surface area contributed by atoms with E-state index in [9.17, 15) is 4.79 Å². The molecule has 0 radical (unpaired) electrons. The van der Waals surface area contributed by atoms with E-state index in [1.165, 1.54) is 0 Å². The van der Waals surface area contributed by atoms with Gasteiger partial charge >= 0.3 is 5.97 Å². The van der Waals surface area contributed by atoms with Crippen molar-refractivity contribution in [2.45, 2.75) is 26.9 Å². The highest BCUT2D eigenvalue weighted by atomic mass is 35.5. The molecule has 0 spiro atoms.